The van der Waals surface area contributed by atoms with Gasteiger partial charge < -0.3 is 16.0 Å². The number of halogens is 1. The summed E-state index contributed by atoms with van der Waals surface area (Å²) in [6, 6.07) is 39.0. The molecular formula is C38H32BrN3O3S. The van der Waals surface area contributed by atoms with Crippen LogP contribution in [0.5, 0.6) is 0 Å². The van der Waals surface area contributed by atoms with Gasteiger partial charge in [-0.3, -0.25) is 14.4 Å². The highest BCUT2D eigenvalue weighted by atomic mass is 79.9. The molecule has 0 fully saturated rings. The van der Waals surface area contributed by atoms with Crippen molar-refractivity contribution in [2.75, 3.05) is 10.6 Å². The number of amides is 3. The molecule has 6 nitrogen and oxygen atoms in total. The molecule has 0 aromatic heterocycles. The minimum absolute atomic E-state index is 0.0951. The van der Waals surface area contributed by atoms with E-state index in [1.165, 1.54) is 11.8 Å². The third kappa shape index (κ3) is 8.62. The van der Waals surface area contributed by atoms with E-state index in [1.54, 1.807) is 42.5 Å². The van der Waals surface area contributed by atoms with Crippen molar-refractivity contribution in [1.29, 1.82) is 0 Å². The van der Waals surface area contributed by atoms with Crippen molar-refractivity contribution in [2.24, 2.45) is 0 Å². The number of rotatable bonds is 10. The molecule has 0 saturated carbocycles. The van der Waals surface area contributed by atoms with E-state index in [9.17, 15) is 14.4 Å². The quantitative estimate of drug-likeness (QED) is 0.101. The van der Waals surface area contributed by atoms with Crippen LogP contribution in [0.25, 0.3) is 6.08 Å². The Hall–Kier alpha value is -4.92. The molecular weight excluding hydrogens is 658 g/mol. The first-order valence-corrected chi connectivity index (χ1v) is 16.3. The fraction of sp³-hybridized carbons (Fsp3) is 0.0789. The molecule has 1 unspecified atom stereocenters. The van der Waals surface area contributed by atoms with Crippen LogP contribution in [-0.4, -0.2) is 17.7 Å². The zero-order valence-corrected chi connectivity index (χ0v) is 27.7. The number of nitrogens with one attached hydrogen (secondary N) is 3. The van der Waals surface area contributed by atoms with Gasteiger partial charge in [-0.15, -0.1) is 11.8 Å². The highest BCUT2D eigenvalue weighted by molar-refractivity contribution is 9.10. The van der Waals surface area contributed by atoms with Crippen LogP contribution in [0.3, 0.4) is 0 Å². The Balaban J connectivity index is 1.34. The minimum atomic E-state index is -0.506. The Bertz CT molecular complexity index is 1860. The van der Waals surface area contributed by atoms with Crippen molar-refractivity contribution in [3.8, 4) is 0 Å². The lowest BCUT2D eigenvalue weighted by Crippen LogP contribution is -2.30. The average molecular weight is 691 g/mol. The van der Waals surface area contributed by atoms with Gasteiger partial charge in [0.05, 0.1) is 0 Å². The maximum Gasteiger partial charge on any atom is 0.272 e. The smallest absolute Gasteiger partial charge is 0.272 e. The predicted octanol–water partition coefficient (Wildman–Crippen LogP) is 8.95. The number of carbonyl (C=O) groups is 3. The molecule has 0 aliphatic carbocycles. The molecule has 0 aliphatic rings. The first kappa shape index (κ1) is 32.5. The van der Waals surface area contributed by atoms with Crippen LogP contribution in [-0.2, 0) is 9.59 Å². The monoisotopic (exact) mass is 689 g/mol. The second kappa shape index (κ2) is 15.4. The van der Waals surface area contributed by atoms with Crippen molar-refractivity contribution in [2.45, 2.75) is 24.0 Å². The molecule has 0 bridgehead atoms. The van der Waals surface area contributed by atoms with Gasteiger partial charge in [0.25, 0.3) is 11.8 Å². The Morgan fingerprint density at radius 3 is 2.00 bits per heavy atom. The molecule has 5 rings (SSSR count). The minimum Gasteiger partial charge on any atom is -0.324 e. The largest absolute Gasteiger partial charge is 0.324 e. The molecule has 0 radical (unpaired) electrons. The summed E-state index contributed by atoms with van der Waals surface area (Å²) in [5.74, 6) is -0.989. The summed E-state index contributed by atoms with van der Waals surface area (Å²) in [4.78, 5) is 40.9. The first-order chi connectivity index (χ1) is 22.3. The van der Waals surface area contributed by atoms with E-state index in [4.69, 9.17) is 0 Å². The van der Waals surface area contributed by atoms with E-state index in [0.717, 1.165) is 37.3 Å². The maximum absolute atomic E-state index is 13.6. The fourth-order valence-electron chi connectivity index (χ4n) is 4.76. The lowest BCUT2D eigenvalue weighted by Gasteiger charge is -2.19. The summed E-state index contributed by atoms with van der Waals surface area (Å²) >= 11 is 4.88. The normalized spacial score (nSPS) is 11.8. The van der Waals surface area contributed by atoms with Crippen molar-refractivity contribution < 1.29 is 14.4 Å². The molecule has 3 amide bonds. The van der Waals surface area contributed by atoms with Gasteiger partial charge in [-0.1, -0.05) is 94.8 Å². The summed E-state index contributed by atoms with van der Waals surface area (Å²) in [7, 11) is 0. The van der Waals surface area contributed by atoms with Gasteiger partial charge in [0.15, 0.2) is 0 Å². The van der Waals surface area contributed by atoms with E-state index in [1.807, 2.05) is 105 Å². The molecule has 8 heteroatoms. The van der Waals surface area contributed by atoms with E-state index >= 15 is 0 Å². The van der Waals surface area contributed by atoms with Crippen LogP contribution in [0, 0.1) is 13.8 Å². The molecule has 230 valence electrons. The van der Waals surface area contributed by atoms with Crippen LogP contribution in [0.2, 0.25) is 0 Å². The highest BCUT2D eigenvalue weighted by Gasteiger charge is 2.23. The second-order valence-corrected chi connectivity index (χ2v) is 12.7. The Labute approximate surface area is 281 Å². The second-order valence-electron chi connectivity index (χ2n) is 10.6. The SMILES string of the molecule is Cc1cccc(C)c1NC(=O)C(Sc1ccc(NC(=O)/C(=C/c2cccc(Br)c2)NC(=O)c2ccccc2)cc1)c1ccccc1. The number of thioether (sulfide) groups is 1. The van der Waals surface area contributed by atoms with Gasteiger partial charge in [-0.2, -0.15) is 0 Å². The number of aryl methyl sites for hydroxylation is 2. The lowest BCUT2D eigenvalue weighted by atomic mass is 10.1. The van der Waals surface area contributed by atoms with Crippen molar-refractivity contribution in [1.82, 2.24) is 5.32 Å². The summed E-state index contributed by atoms with van der Waals surface area (Å²) in [6.45, 7) is 3.96. The van der Waals surface area contributed by atoms with E-state index in [0.29, 0.717) is 11.3 Å². The van der Waals surface area contributed by atoms with Gasteiger partial charge in [0.1, 0.15) is 10.9 Å². The summed E-state index contributed by atoms with van der Waals surface area (Å²) in [6.07, 6.45) is 1.63. The van der Waals surface area contributed by atoms with Crippen LogP contribution >= 0.6 is 27.7 Å². The number of para-hydroxylation sites is 1. The number of anilines is 2. The molecule has 5 aromatic carbocycles. The topological polar surface area (TPSA) is 87.3 Å². The van der Waals surface area contributed by atoms with Gasteiger partial charge in [0, 0.05) is 26.3 Å². The Morgan fingerprint density at radius 1 is 0.717 bits per heavy atom. The van der Waals surface area contributed by atoms with Gasteiger partial charge in [-0.25, -0.2) is 0 Å². The molecule has 0 heterocycles. The van der Waals surface area contributed by atoms with Crippen LogP contribution < -0.4 is 16.0 Å². The molecule has 5 aromatic rings. The van der Waals surface area contributed by atoms with Crippen molar-refractivity contribution in [3.05, 3.63) is 165 Å². The van der Waals surface area contributed by atoms with Crippen molar-refractivity contribution in [3.63, 3.8) is 0 Å². The molecule has 0 saturated heterocycles. The lowest BCUT2D eigenvalue weighted by molar-refractivity contribution is -0.116. The van der Waals surface area contributed by atoms with Crippen LogP contribution in [0.4, 0.5) is 11.4 Å². The zero-order valence-electron chi connectivity index (χ0n) is 25.3. The van der Waals surface area contributed by atoms with Crippen LogP contribution in [0.1, 0.15) is 37.9 Å². The van der Waals surface area contributed by atoms with E-state index in [2.05, 4.69) is 31.9 Å². The standard InChI is InChI=1S/C38H32BrN3O3S/c1-25-11-9-12-26(2)34(25)42-38(45)35(28-14-5-3-6-15-28)46-32-21-19-31(20-22-32)40-37(44)33(24-27-13-10-18-30(39)23-27)41-36(43)29-16-7-4-8-17-29/h3-24,35H,1-2H3,(H,40,44)(H,41,43)(H,42,45)/b33-24-. The van der Waals surface area contributed by atoms with Gasteiger partial charge >= 0.3 is 0 Å². The summed E-state index contributed by atoms with van der Waals surface area (Å²) < 4.78 is 0.847. The molecule has 0 spiro atoms. The summed E-state index contributed by atoms with van der Waals surface area (Å²) in [5, 5.41) is 8.29. The van der Waals surface area contributed by atoms with E-state index < -0.39 is 17.1 Å². The molecule has 1 atom stereocenters. The first-order valence-electron chi connectivity index (χ1n) is 14.6. The average Bonchev–Trinajstić information content (AvgIpc) is 3.06. The predicted molar refractivity (Wildman–Crippen MR) is 191 cm³/mol. The fourth-order valence-corrected chi connectivity index (χ4v) is 6.20. The molecule has 0 aliphatic heterocycles. The summed E-state index contributed by atoms with van der Waals surface area (Å²) in [5.41, 5.74) is 5.51. The highest BCUT2D eigenvalue weighted by Crippen LogP contribution is 2.37. The van der Waals surface area contributed by atoms with Crippen molar-refractivity contribution >= 4 is 62.9 Å². The molecule has 3 N–H and O–H groups in total. The number of hydrogen-bond donors (Lipinski definition) is 3. The van der Waals surface area contributed by atoms with Crippen LogP contribution in [0.15, 0.2) is 142 Å². The van der Waals surface area contributed by atoms with Gasteiger partial charge in [0.2, 0.25) is 5.91 Å². The number of carbonyl (C=O) groups excluding carboxylic acids is 3. The zero-order chi connectivity index (χ0) is 32.5. The third-order valence-electron chi connectivity index (χ3n) is 7.12. The number of benzene rings is 5. The van der Waals surface area contributed by atoms with Gasteiger partial charge in [-0.05, 0) is 90.7 Å². The maximum atomic E-state index is 13.6. The Morgan fingerprint density at radius 2 is 1.35 bits per heavy atom. The van der Waals surface area contributed by atoms with E-state index in [-0.39, 0.29) is 11.6 Å². The molecule has 46 heavy (non-hydrogen) atoms. The number of hydrogen-bond acceptors (Lipinski definition) is 4. The Kier molecular flexibility index (Phi) is 10.9. The third-order valence-corrected chi connectivity index (χ3v) is 8.88.